The molecule has 0 radical (unpaired) electrons. The van der Waals surface area contributed by atoms with Crippen LogP contribution in [-0.4, -0.2) is 12.5 Å². The molecule has 0 heterocycles. The van der Waals surface area contributed by atoms with Crippen molar-refractivity contribution in [3.63, 3.8) is 0 Å². The van der Waals surface area contributed by atoms with E-state index in [0.29, 0.717) is 29.5 Å². The standard InChI is InChI=1S/C18H19Cl2NO2/c1-12-11-14(8-9-15(12)19)23-10-4-7-18(22)21-17-6-3-5-16(20)13(17)2/h3,5-6,8-9,11H,4,7,10H2,1-2H3,(H,21,22). The maximum absolute atomic E-state index is 12.0. The second kappa shape index (κ2) is 8.23. The Labute approximate surface area is 146 Å². The third kappa shape index (κ3) is 5.15. The van der Waals surface area contributed by atoms with Gasteiger partial charge in [0.1, 0.15) is 5.75 Å². The molecule has 1 amide bonds. The number of ether oxygens (including phenoxy) is 1. The number of carbonyl (C=O) groups is 1. The van der Waals surface area contributed by atoms with Gasteiger partial charge in [-0.15, -0.1) is 0 Å². The molecule has 23 heavy (non-hydrogen) atoms. The molecule has 0 atom stereocenters. The molecule has 0 aliphatic rings. The van der Waals surface area contributed by atoms with Crippen molar-refractivity contribution < 1.29 is 9.53 Å². The minimum absolute atomic E-state index is 0.0498. The topological polar surface area (TPSA) is 38.3 Å². The molecule has 0 bridgehead atoms. The van der Waals surface area contributed by atoms with Crippen LogP contribution in [0.1, 0.15) is 24.0 Å². The Hall–Kier alpha value is -1.71. The summed E-state index contributed by atoms with van der Waals surface area (Å²) < 4.78 is 5.63. The summed E-state index contributed by atoms with van der Waals surface area (Å²) in [5, 5.41) is 4.23. The van der Waals surface area contributed by atoms with E-state index in [4.69, 9.17) is 27.9 Å². The summed E-state index contributed by atoms with van der Waals surface area (Å²) in [6.07, 6.45) is 1.02. The van der Waals surface area contributed by atoms with Crippen LogP contribution in [0.2, 0.25) is 10.0 Å². The predicted molar refractivity (Wildman–Crippen MR) is 95.7 cm³/mol. The molecular weight excluding hydrogens is 333 g/mol. The van der Waals surface area contributed by atoms with Crippen molar-refractivity contribution in [1.29, 1.82) is 0 Å². The van der Waals surface area contributed by atoms with Gasteiger partial charge >= 0.3 is 0 Å². The number of nitrogens with one attached hydrogen (secondary N) is 1. The van der Waals surface area contributed by atoms with Crippen molar-refractivity contribution in [3.05, 3.63) is 57.6 Å². The molecule has 0 fully saturated rings. The molecule has 3 nitrogen and oxygen atoms in total. The minimum Gasteiger partial charge on any atom is -0.494 e. The number of hydrogen-bond donors (Lipinski definition) is 1. The Bertz CT molecular complexity index is 701. The molecule has 0 saturated heterocycles. The Morgan fingerprint density at radius 2 is 1.91 bits per heavy atom. The zero-order chi connectivity index (χ0) is 16.8. The molecule has 1 N–H and O–H groups in total. The molecule has 0 saturated carbocycles. The summed E-state index contributed by atoms with van der Waals surface area (Å²) in [5.41, 5.74) is 2.59. The van der Waals surface area contributed by atoms with Crippen LogP contribution in [-0.2, 0) is 4.79 Å². The largest absolute Gasteiger partial charge is 0.494 e. The normalized spacial score (nSPS) is 10.4. The SMILES string of the molecule is Cc1cc(OCCCC(=O)Nc2cccc(Cl)c2C)ccc1Cl. The van der Waals surface area contributed by atoms with E-state index in [1.165, 1.54) is 0 Å². The van der Waals surface area contributed by atoms with E-state index in [1.54, 1.807) is 12.1 Å². The van der Waals surface area contributed by atoms with Gasteiger partial charge in [-0.25, -0.2) is 0 Å². The van der Waals surface area contributed by atoms with Crippen LogP contribution in [0.5, 0.6) is 5.75 Å². The third-order valence-corrected chi connectivity index (χ3v) is 4.32. The van der Waals surface area contributed by atoms with Crippen LogP contribution in [0.4, 0.5) is 5.69 Å². The fourth-order valence-corrected chi connectivity index (χ4v) is 2.38. The summed E-state index contributed by atoms with van der Waals surface area (Å²) in [7, 11) is 0. The van der Waals surface area contributed by atoms with Crippen molar-refractivity contribution in [2.24, 2.45) is 0 Å². The lowest BCUT2D eigenvalue weighted by Crippen LogP contribution is -2.13. The average Bonchev–Trinajstić information content (AvgIpc) is 2.52. The van der Waals surface area contributed by atoms with E-state index >= 15 is 0 Å². The lowest BCUT2D eigenvalue weighted by molar-refractivity contribution is -0.116. The van der Waals surface area contributed by atoms with Gasteiger partial charge in [0, 0.05) is 22.2 Å². The monoisotopic (exact) mass is 351 g/mol. The first-order valence-electron chi connectivity index (χ1n) is 7.41. The number of benzene rings is 2. The summed E-state index contributed by atoms with van der Waals surface area (Å²) in [4.78, 5) is 12.0. The van der Waals surface area contributed by atoms with Crippen molar-refractivity contribution in [2.75, 3.05) is 11.9 Å². The molecule has 2 aromatic rings. The predicted octanol–water partition coefficient (Wildman–Crippen LogP) is 5.41. The van der Waals surface area contributed by atoms with E-state index < -0.39 is 0 Å². The molecule has 0 aromatic heterocycles. The Morgan fingerprint density at radius 1 is 1.13 bits per heavy atom. The van der Waals surface area contributed by atoms with Crippen LogP contribution in [0.3, 0.4) is 0 Å². The van der Waals surface area contributed by atoms with Gasteiger partial charge in [-0.2, -0.15) is 0 Å². The summed E-state index contributed by atoms with van der Waals surface area (Å²) in [6.45, 7) is 4.28. The quantitative estimate of drug-likeness (QED) is 0.706. The van der Waals surface area contributed by atoms with Gasteiger partial charge in [0.2, 0.25) is 5.91 Å². The first-order chi connectivity index (χ1) is 11.0. The zero-order valence-electron chi connectivity index (χ0n) is 13.2. The highest BCUT2D eigenvalue weighted by molar-refractivity contribution is 6.32. The minimum atomic E-state index is -0.0498. The summed E-state index contributed by atoms with van der Waals surface area (Å²) in [6, 6.07) is 11.0. The number of anilines is 1. The number of hydrogen-bond acceptors (Lipinski definition) is 2. The van der Waals surface area contributed by atoms with Gasteiger partial charge in [0.25, 0.3) is 0 Å². The smallest absolute Gasteiger partial charge is 0.224 e. The lowest BCUT2D eigenvalue weighted by Gasteiger charge is -2.10. The van der Waals surface area contributed by atoms with Crippen LogP contribution in [0, 0.1) is 13.8 Å². The van der Waals surface area contributed by atoms with Gasteiger partial charge < -0.3 is 10.1 Å². The Morgan fingerprint density at radius 3 is 2.65 bits per heavy atom. The lowest BCUT2D eigenvalue weighted by atomic mass is 10.2. The van der Waals surface area contributed by atoms with Gasteiger partial charge in [-0.3, -0.25) is 4.79 Å². The van der Waals surface area contributed by atoms with E-state index in [0.717, 1.165) is 22.6 Å². The molecular formula is C18H19Cl2NO2. The second-order valence-corrected chi connectivity index (χ2v) is 6.14. The van der Waals surface area contributed by atoms with E-state index in [1.807, 2.05) is 38.1 Å². The molecule has 5 heteroatoms. The van der Waals surface area contributed by atoms with E-state index in [9.17, 15) is 4.79 Å². The molecule has 122 valence electrons. The van der Waals surface area contributed by atoms with E-state index in [2.05, 4.69) is 5.32 Å². The van der Waals surface area contributed by atoms with Crippen LogP contribution < -0.4 is 10.1 Å². The van der Waals surface area contributed by atoms with Crippen molar-refractivity contribution >= 4 is 34.8 Å². The van der Waals surface area contributed by atoms with Crippen molar-refractivity contribution in [3.8, 4) is 5.75 Å². The number of carbonyl (C=O) groups excluding carboxylic acids is 1. The second-order valence-electron chi connectivity index (χ2n) is 5.32. The van der Waals surface area contributed by atoms with Crippen molar-refractivity contribution in [2.45, 2.75) is 26.7 Å². The number of halogens is 2. The fraction of sp³-hybridized carbons (Fsp3) is 0.278. The van der Waals surface area contributed by atoms with Gasteiger partial charge in [0.15, 0.2) is 0 Å². The summed E-state index contributed by atoms with van der Waals surface area (Å²) >= 11 is 12.0. The first kappa shape index (κ1) is 17.6. The molecule has 2 rings (SSSR count). The van der Waals surface area contributed by atoms with Gasteiger partial charge in [-0.1, -0.05) is 29.3 Å². The molecule has 0 unspecified atom stereocenters. The van der Waals surface area contributed by atoms with Crippen LogP contribution in [0.25, 0.3) is 0 Å². The zero-order valence-corrected chi connectivity index (χ0v) is 14.7. The Balaban J connectivity index is 1.76. The molecule has 0 spiro atoms. The number of rotatable bonds is 6. The molecule has 2 aromatic carbocycles. The van der Waals surface area contributed by atoms with Gasteiger partial charge in [-0.05, 0) is 61.7 Å². The maximum atomic E-state index is 12.0. The van der Waals surface area contributed by atoms with Crippen LogP contribution >= 0.6 is 23.2 Å². The Kier molecular flexibility index (Phi) is 6.31. The molecule has 0 aliphatic heterocycles. The fourth-order valence-electron chi connectivity index (χ4n) is 2.09. The first-order valence-corrected chi connectivity index (χ1v) is 8.17. The maximum Gasteiger partial charge on any atom is 0.224 e. The van der Waals surface area contributed by atoms with Gasteiger partial charge in [0.05, 0.1) is 6.61 Å². The van der Waals surface area contributed by atoms with E-state index in [-0.39, 0.29) is 5.91 Å². The van der Waals surface area contributed by atoms with Crippen molar-refractivity contribution in [1.82, 2.24) is 0 Å². The number of amides is 1. The third-order valence-electron chi connectivity index (χ3n) is 3.49. The number of aryl methyl sites for hydroxylation is 1. The highest BCUT2D eigenvalue weighted by Gasteiger charge is 2.07. The van der Waals surface area contributed by atoms with Crippen LogP contribution in [0.15, 0.2) is 36.4 Å². The molecule has 0 aliphatic carbocycles. The average molecular weight is 352 g/mol. The summed E-state index contributed by atoms with van der Waals surface area (Å²) in [5.74, 6) is 0.712. The highest BCUT2D eigenvalue weighted by Crippen LogP contribution is 2.23. The highest BCUT2D eigenvalue weighted by atomic mass is 35.5.